The van der Waals surface area contributed by atoms with Crippen molar-refractivity contribution < 1.29 is 9.90 Å². The lowest BCUT2D eigenvalue weighted by atomic mass is 9.85. The first-order chi connectivity index (χ1) is 5.68. The minimum Gasteiger partial charge on any atom is -0.393 e. The summed E-state index contributed by atoms with van der Waals surface area (Å²) in [6, 6.07) is 0. The molecular formula is C10H18O2. The van der Waals surface area contributed by atoms with Crippen molar-refractivity contribution in [2.24, 2.45) is 5.92 Å². The summed E-state index contributed by atoms with van der Waals surface area (Å²) in [4.78, 5) is 11.1. The Labute approximate surface area is 74.0 Å². The Hall–Kier alpha value is -0.370. The Morgan fingerprint density at radius 2 is 2.42 bits per heavy atom. The molecule has 0 spiro atoms. The van der Waals surface area contributed by atoms with Crippen molar-refractivity contribution in [3.63, 3.8) is 0 Å². The summed E-state index contributed by atoms with van der Waals surface area (Å²) in [6.07, 6.45) is 5.43. The Morgan fingerprint density at radius 3 is 3.00 bits per heavy atom. The molecule has 1 aliphatic rings. The fraction of sp³-hybridized carbons (Fsp3) is 0.900. The highest BCUT2D eigenvalue weighted by Gasteiger charge is 2.19. The SMILES string of the molecule is CC(O)CCC1CCCC(=O)C1. The molecule has 0 heterocycles. The number of carbonyl (C=O) groups excluding carboxylic acids is 1. The van der Waals surface area contributed by atoms with E-state index in [1.807, 2.05) is 6.92 Å². The van der Waals surface area contributed by atoms with Gasteiger partial charge in [0, 0.05) is 12.8 Å². The van der Waals surface area contributed by atoms with E-state index >= 15 is 0 Å². The van der Waals surface area contributed by atoms with E-state index in [4.69, 9.17) is 5.11 Å². The van der Waals surface area contributed by atoms with Crippen LogP contribution in [0.2, 0.25) is 0 Å². The highest BCUT2D eigenvalue weighted by atomic mass is 16.3. The number of carbonyl (C=O) groups is 1. The number of Topliss-reactive ketones (excluding diaryl/α,β-unsaturated/α-hetero) is 1. The van der Waals surface area contributed by atoms with Gasteiger partial charge in [0.25, 0.3) is 0 Å². The fourth-order valence-corrected chi connectivity index (χ4v) is 1.84. The van der Waals surface area contributed by atoms with Crippen molar-refractivity contribution in [3.05, 3.63) is 0 Å². The number of rotatable bonds is 3. The van der Waals surface area contributed by atoms with Crippen LogP contribution in [0, 0.1) is 5.92 Å². The van der Waals surface area contributed by atoms with E-state index in [0.29, 0.717) is 11.7 Å². The molecule has 0 aromatic heterocycles. The molecule has 70 valence electrons. The number of ketones is 1. The third kappa shape index (κ3) is 3.35. The van der Waals surface area contributed by atoms with E-state index < -0.39 is 0 Å². The molecule has 0 aliphatic heterocycles. The van der Waals surface area contributed by atoms with E-state index in [9.17, 15) is 4.79 Å². The molecule has 1 N–H and O–H groups in total. The summed E-state index contributed by atoms with van der Waals surface area (Å²) in [7, 11) is 0. The first-order valence-electron chi connectivity index (χ1n) is 4.88. The van der Waals surface area contributed by atoms with E-state index in [2.05, 4.69) is 0 Å². The van der Waals surface area contributed by atoms with Crippen molar-refractivity contribution in [2.45, 2.75) is 51.6 Å². The van der Waals surface area contributed by atoms with Gasteiger partial charge < -0.3 is 5.11 Å². The second-order valence-electron chi connectivity index (χ2n) is 3.93. The van der Waals surface area contributed by atoms with E-state index in [1.54, 1.807) is 0 Å². The number of hydrogen-bond acceptors (Lipinski definition) is 2. The molecule has 0 aromatic rings. The zero-order chi connectivity index (χ0) is 8.97. The molecular weight excluding hydrogens is 152 g/mol. The minimum atomic E-state index is -0.206. The molecule has 1 fully saturated rings. The van der Waals surface area contributed by atoms with Crippen molar-refractivity contribution in [1.82, 2.24) is 0 Å². The average molecular weight is 170 g/mol. The molecule has 1 saturated carbocycles. The molecule has 0 radical (unpaired) electrons. The van der Waals surface area contributed by atoms with Gasteiger partial charge in [0.1, 0.15) is 5.78 Å². The van der Waals surface area contributed by atoms with Crippen molar-refractivity contribution in [2.75, 3.05) is 0 Å². The molecule has 12 heavy (non-hydrogen) atoms. The largest absolute Gasteiger partial charge is 0.393 e. The predicted octanol–water partition coefficient (Wildman–Crippen LogP) is 1.91. The molecule has 0 saturated heterocycles. The maximum absolute atomic E-state index is 11.1. The molecule has 1 aliphatic carbocycles. The normalized spacial score (nSPS) is 27.2. The van der Waals surface area contributed by atoms with Gasteiger partial charge in [-0.15, -0.1) is 0 Å². The van der Waals surface area contributed by atoms with Crippen LogP contribution in [0.3, 0.4) is 0 Å². The summed E-state index contributed by atoms with van der Waals surface area (Å²) in [5, 5.41) is 9.06. The number of aliphatic hydroxyl groups excluding tert-OH is 1. The van der Waals surface area contributed by atoms with Gasteiger partial charge in [-0.2, -0.15) is 0 Å². The molecule has 0 aromatic carbocycles. The van der Waals surface area contributed by atoms with Crippen LogP contribution >= 0.6 is 0 Å². The van der Waals surface area contributed by atoms with E-state index in [1.165, 1.54) is 6.42 Å². The Balaban J connectivity index is 2.18. The van der Waals surface area contributed by atoms with Crippen LogP contribution < -0.4 is 0 Å². The monoisotopic (exact) mass is 170 g/mol. The third-order valence-electron chi connectivity index (χ3n) is 2.58. The minimum absolute atomic E-state index is 0.206. The topological polar surface area (TPSA) is 37.3 Å². The fourth-order valence-electron chi connectivity index (χ4n) is 1.84. The molecule has 2 atom stereocenters. The molecule has 2 heteroatoms. The van der Waals surface area contributed by atoms with Gasteiger partial charge >= 0.3 is 0 Å². The maximum Gasteiger partial charge on any atom is 0.133 e. The van der Waals surface area contributed by atoms with Gasteiger partial charge in [0.05, 0.1) is 6.10 Å². The molecule has 2 unspecified atom stereocenters. The van der Waals surface area contributed by atoms with Crippen LogP contribution in [0.5, 0.6) is 0 Å². The molecule has 2 nitrogen and oxygen atoms in total. The zero-order valence-corrected chi connectivity index (χ0v) is 7.75. The quantitative estimate of drug-likeness (QED) is 0.702. The van der Waals surface area contributed by atoms with Crippen LogP contribution in [0.15, 0.2) is 0 Å². The van der Waals surface area contributed by atoms with Gasteiger partial charge in [-0.05, 0) is 38.5 Å². The Kier molecular flexibility index (Phi) is 3.73. The van der Waals surface area contributed by atoms with Gasteiger partial charge in [0.15, 0.2) is 0 Å². The summed E-state index contributed by atoms with van der Waals surface area (Å²) < 4.78 is 0. The smallest absolute Gasteiger partial charge is 0.133 e. The Morgan fingerprint density at radius 1 is 1.67 bits per heavy atom. The van der Waals surface area contributed by atoms with Crippen LogP contribution in [-0.2, 0) is 4.79 Å². The van der Waals surface area contributed by atoms with Gasteiger partial charge in [0.2, 0.25) is 0 Å². The third-order valence-corrected chi connectivity index (χ3v) is 2.58. The van der Waals surface area contributed by atoms with E-state index in [-0.39, 0.29) is 6.10 Å². The first kappa shape index (κ1) is 9.72. The standard InChI is InChI=1S/C10H18O2/c1-8(11)5-6-9-3-2-4-10(12)7-9/h8-9,11H,2-7H2,1H3. The predicted molar refractivity (Wildman–Crippen MR) is 47.9 cm³/mol. The van der Waals surface area contributed by atoms with Crippen molar-refractivity contribution >= 4 is 5.78 Å². The molecule has 1 rings (SSSR count). The number of hydrogen-bond donors (Lipinski definition) is 1. The second kappa shape index (κ2) is 4.61. The zero-order valence-electron chi connectivity index (χ0n) is 7.75. The lowest BCUT2D eigenvalue weighted by Gasteiger charge is -2.20. The van der Waals surface area contributed by atoms with Crippen molar-refractivity contribution in [3.8, 4) is 0 Å². The van der Waals surface area contributed by atoms with Crippen LogP contribution in [0.4, 0.5) is 0 Å². The summed E-state index contributed by atoms with van der Waals surface area (Å²) in [6.45, 7) is 1.81. The molecule has 0 bridgehead atoms. The summed E-state index contributed by atoms with van der Waals surface area (Å²) >= 11 is 0. The average Bonchev–Trinajstić information content (AvgIpc) is 2.01. The lowest BCUT2D eigenvalue weighted by Crippen LogP contribution is -2.16. The number of aliphatic hydroxyl groups is 1. The second-order valence-corrected chi connectivity index (χ2v) is 3.93. The summed E-state index contributed by atoms with van der Waals surface area (Å²) in [5.74, 6) is 0.970. The highest BCUT2D eigenvalue weighted by Crippen LogP contribution is 2.25. The van der Waals surface area contributed by atoms with Crippen LogP contribution in [0.25, 0.3) is 0 Å². The van der Waals surface area contributed by atoms with Crippen molar-refractivity contribution in [1.29, 1.82) is 0 Å². The molecule has 0 amide bonds. The summed E-state index contributed by atoms with van der Waals surface area (Å²) in [5.41, 5.74) is 0. The van der Waals surface area contributed by atoms with Crippen LogP contribution in [-0.4, -0.2) is 17.0 Å². The van der Waals surface area contributed by atoms with Gasteiger partial charge in [-0.1, -0.05) is 0 Å². The Bertz CT molecular complexity index is 152. The van der Waals surface area contributed by atoms with Crippen LogP contribution in [0.1, 0.15) is 45.4 Å². The van der Waals surface area contributed by atoms with E-state index in [0.717, 1.165) is 32.1 Å². The van der Waals surface area contributed by atoms with Gasteiger partial charge in [-0.3, -0.25) is 4.79 Å². The van der Waals surface area contributed by atoms with Gasteiger partial charge in [-0.25, -0.2) is 0 Å². The first-order valence-corrected chi connectivity index (χ1v) is 4.88. The maximum atomic E-state index is 11.1. The lowest BCUT2D eigenvalue weighted by molar-refractivity contribution is -0.121. The highest BCUT2D eigenvalue weighted by molar-refractivity contribution is 5.79.